The monoisotopic (exact) mass is 296 g/mol. The van der Waals surface area contributed by atoms with Crippen molar-refractivity contribution < 1.29 is 14.5 Å². The van der Waals surface area contributed by atoms with Gasteiger partial charge >= 0.3 is 0 Å². The highest BCUT2D eigenvalue weighted by atomic mass is 16.6. The van der Waals surface area contributed by atoms with E-state index in [0.29, 0.717) is 34.2 Å². The number of hydrogen-bond donors (Lipinski definition) is 1. The van der Waals surface area contributed by atoms with E-state index >= 15 is 0 Å². The smallest absolute Gasteiger partial charge is 0.270 e. The van der Waals surface area contributed by atoms with Crippen molar-refractivity contribution in [3.63, 3.8) is 0 Å². The first kappa shape index (κ1) is 13.8. The number of rotatable bonds is 4. The van der Waals surface area contributed by atoms with E-state index in [2.05, 4.69) is 4.98 Å². The number of benzene rings is 2. The van der Waals surface area contributed by atoms with E-state index < -0.39 is 4.92 Å². The summed E-state index contributed by atoms with van der Waals surface area (Å²) in [5.74, 6) is 0.617. The summed E-state index contributed by atoms with van der Waals surface area (Å²) in [6, 6.07) is 11.7. The lowest BCUT2D eigenvalue weighted by Gasteiger charge is -2.07. The number of carbonyl (C=O) groups is 1. The third kappa shape index (κ3) is 2.10. The topological polar surface area (TPSA) is 85.2 Å². The Hall–Kier alpha value is -3.15. The Labute approximate surface area is 125 Å². The number of ether oxygens (including phenoxy) is 1. The number of fused-ring (bicyclic) bond motifs is 1. The fourth-order valence-electron chi connectivity index (χ4n) is 2.50. The number of nitrogens with zero attached hydrogens (tertiary/aromatic N) is 1. The number of methoxy groups -OCH3 is 1. The number of aromatic amines is 1. The molecule has 1 heterocycles. The number of non-ortho nitro benzene ring substituents is 1. The highest BCUT2D eigenvalue weighted by molar-refractivity contribution is 6.05. The summed E-state index contributed by atoms with van der Waals surface area (Å²) in [5.41, 5.74) is 2.30. The molecule has 3 rings (SSSR count). The minimum atomic E-state index is -0.482. The average molecular weight is 296 g/mol. The molecule has 0 aliphatic heterocycles. The number of hydrogen-bond acceptors (Lipinski definition) is 4. The molecule has 0 aliphatic carbocycles. The summed E-state index contributed by atoms with van der Waals surface area (Å²) in [6.45, 7) is 0. The average Bonchev–Trinajstić information content (AvgIpc) is 2.92. The lowest BCUT2D eigenvalue weighted by Crippen LogP contribution is -1.90. The summed E-state index contributed by atoms with van der Waals surface area (Å²) in [7, 11) is 1.55. The molecule has 0 unspecified atom stereocenters. The van der Waals surface area contributed by atoms with Crippen LogP contribution in [-0.2, 0) is 0 Å². The third-order valence-corrected chi connectivity index (χ3v) is 3.53. The molecule has 22 heavy (non-hydrogen) atoms. The SMILES string of the molecule is COc1ccccc1-c1[nH]c2ccc([N+](=O)[O-])cc2c1C=O. The van der Waals surface area contributed by atoms with Gasteiger partial charge in [0.25, 0.3) is 5.69 Å². The van der Waals surface area contributed by atoms with E-state index in [9.17, 15) is 14.9 Å². The van der Waals surface area contributed by atoms with Crippen molar-refractivity contribution in [2.45, 2.75) is 0 Å². The van der Waals surface area contributed by atoms with Crippen molar-refractivity contribution in [2.24, 2.45) is 0 Å². The molecule has 6 nitrogen and oxygen atoms in total. The summed E-state index contributed by atoms with van der Waals surface area (Å²) >= 11 is 0. The molecule has 0 amide bonds. The van der Waals surface area contributed by atoms with Crippen LogP contribution in [0.15, 0.2) is 42.5 Å². The molecule has 0 atom stereocenters. The van der Waals surface area contributed by atoms with E-state index in [0.717, 1.165) is 5.56 Å². The summed E-state index contributed by atoms with van der Waals surface area (Å²) in [6.07, 6.45) is 0.699. The van der Waals surface area contributed by atoms with Gasteiger partial charge in [-0.3, -0.25) is 14.9 Å². The molecule has 0 spiro atoms. The van der Waals surface area contributed by atoms with Crippen LogP contribution in [0.25, 0.3) is 22.2 Å². The van der Waals surface area contributed by atoms with Crippen LogP contribution in [0.2, 0.25) is 0 Å². The van der Waals surface area contributed by atoms with Gasteiger partial charge in [-0.15, -0.1) is 0 Å². The second-order valence-corrected chi connectivity index (χ2v) is 4.72. The maximum Gasteiger partial charge on any atom is 0.270 e. The van der Waals surface area contributed by atoms with E-state index in [1.807, 2.05) is 18.2 Å². The van der Waals surface area contributed by atoms with Gasteiger partial charge in [0.15, 0.2) is 6.29 Å². The number of aldehydes is 1. The van der Waals surface area contributed by atoms with Gasteiger partial charge in [0, 0.05) is 34.2 Å². The van der Waals surface area contributed by atoms with Crippen molar-refractivity contribution >= 4 is 22.9 Å². The number of para-hydroxylation sites is 1. The molecule has 0 fully saturated rings. The zero-order chi connectivity index (χ0) is 15.7. The van der Waals surface area contributed by atoms with Crippen molar-refractivity contribution in [1.82, 2.24) is 4.98 Å². The van der Waals surface area contributed by atoms with E-state index in [-0.39, 0.29) is 5.69 Å². The maximum atomic E-state index is 11.5. The molecule has 6 heteroatoms. The van der Waals surface area contributed by atoms with Crippen LogP contribution in [0.3, 0.4) is 0 Å². The summed E-state index contributed by atoms with van der Waals surface area (Å²) < 4.78 is 5.31. The van der Waals surface area contributed by atoms with Crippen LogP contribution in [-0.4, -0.2) is 23.3 Å². The molecule has 1 aromatic heterocycles. The van der Waals surface area contributed by atoms with Gasteiger partial charge in [-0.05, 0) is 18.2 Å². The predicted octanol–water partition coefficient (Wildman–Crippen LogP) is 3.56. The van der Waals surface area contributed by atoms with Crippen molar-refractivity contribution in [3.05, 3.63) is 58.1 Å². The number of nitrogens with one attached hydrogen (secondary N) is 1. The quantitative estimate of drug-likeness (QED) is 0.453. The molecular weight excluding hydrogens is 284 g/mol. The summed E-state index contributed by atoms with van der Waals surface area (Å²) in [5, 5.41) is 11.4. The number of nitro benzene ring substituents is 1. The molecule has 0 saturated carbocycles. The van der Waals surface area contributed by atoms with Gasteiger partial charge in [0.1, 0.15) is 5.75 Å². The van der Waals surface area contributed by atoms with Crippen LogP contribution in [0.1, 0.15) is 10.4 Å². The molecule has 0 saturated heterocycles. The molecule has 0 bridgehead atoms. The van der Waals surface area contributed by atoms with Gasteiger partial charge in [-0.1, -0.05) is 12.1 Å². The number of aromatic nitrogens is 1. The first-order valence-electron chi connectivity index (χ1n) is 6.54. The Bertz CT molecular complexity index is 883. The molecular formula is C16H12N2O4. The zero-order valence-electron chi connectivity index (χ0n) is 11.7. The van der Waals surface area contributed by atoms with Crippen LogP contribution in [0.4, 0.5) is 5.69 Å². The minimum absolute atomic E-state index is 0.0545. The van der Waals surface area contributed by atoms with Crippen LogP contribution >= 0.6 is 0 Å². The van der Waals surface area contributed by atoms with Gasteiger partial charge in [0.05, 0.1) is 17.7 Å². The molecule has 0 radical (unpaired) electrons. The van der Waals surface area contributed by atoms with Crippen molar-refractivity contribution in [1.29, 1.82) is 0 Å². The fraction of sp³-hybridized carbons (Fsp3) is 0.0625. The van der Waals surface area contributed by atoms with Gasteiger partial charge < -0.3 is 9.72 Å². The Kier molecular flexibility index (Phi) is 3.34. The Balaban J connectivity index is 2.30. The highest BCUT2D eigenvalue weighted by Gasteiger charge is 2.18. The van der Waals surface area contributed by atoms with E-state index in [1.165, 1.54) is 12.1 Å². The van der Waals surface area contributed by atoms with Gasteiger partial charge in [0.2, 0.25) is 0 Å². The maximum absolute atomic E-state index is 11.5. The molecule has 0 aliphatic rings. The second-order valence-electron chi connectivity index (χ2n) is 4.72. The Morgan fingerprint density at radius 3 is 2.68 bits per heavy atom. The third-order valence-electron chi connectivity index (χ3n) is 3.53. The van der Waals surface area contributed by atoms with Crippen molar-refractivity contribution in [2.75, 3.05) is 7.11 Å². The number of nitro groups is 1. The molecule has 2 aromatic carbocycles. The fourth-order valence-corrected chi connectivity index (χ4v) is 2.50. The predicted molar refractivity (Wildman–Crippen MR) is 82.3 cm³/mol. The molecule has 3 aromatic rings. The van der Waals surface area contributed by atoms with Gasteiger partial charge in [-0.25, -0.2) is 0 Å². The number of H-pyrrole nitrogens is 1. The lowest BCUT2D eigenvalue weighted by atomic mass is 10.1. The molecule has 1 N–H and O–H groups in total. The van der Waals surface area contributed by atoms with Crippen LogP contribution in [0, 0.1) is 10.1 Å². The zero-order valence-corrected chi connectivity index (χ0v) is 11.7. The van der Waals surface area contributed by atoms with Crippen LogP contribution in [0.5, 0.6) is 5.75 Å². The molecule has 110 valence electrons. The Morgan fingerprint density at radius 1 is 1.23 bits per heavy atom. The second kappa shape index (κ2) is 5.33. The normalized spacial score (nSPS) is 10.6. The summed E-state index contributed by atoms with van der Waals surface area (Å²) in [4.78, 5) is 25.1. The van der Waals surface area contributed by atoms with Crippen LogP contribution < -0.4 is 4.74 Å². The van der Waals surface area contributed by atoms with E-state index in [1.54, 1.807) is 19.2 Å². The number of carbonyl (C=O) groups excluding carboxylic acids is 1. The Morgan fingerprint density at radius 2 is 2.00 bits per heavy atom. The highest BCUT2D eigenvalue weighted by Crippen LogP contribution is 2.35. The first-order chi connectivity index (χ1) is 10.7. The largest absolute Gasteiger partial charge is 0.496 e. The first-order valence-corrected chi connectivity index (χ1v) is 6.54. The standard InChI is InChI=1S/C16H12N2O4/c1-22-15-5-3-2-4-11(15)16-13(9-19)12-8-10(18(20)21)6-7-14(12)17-16/h2-9,17H,1H3. The van der Waals surface area contributed by atoms with Gasteiger partial charge in [-0.2, -0.15) is 0 Å². The lowest BCUT2D eigenvalue weighted by molar-refractivity contribution is -0.384. The minimum Gasteiger partial charge on any atom is -0.496 e. The van der Waals surface area contributed by atoms with E-state index in [4.69, 9.17) is 4.74 Å². The van der Waals surface area contributed by atoms with Crippen molar-refractivity contribution in [3.8, 4) is 17.0 Å².